The van der Waals surface area contributed by atoms with Gasteiger partial charge in [-0.2, -0.15) is 4.80 Å². The number of carbonyl (C=O) groups excluding carboxylic acids is 3. The molecule has 0 spiro atoms. The molecule has 9 aromatic rings. The molecule has 2 aromatic heterocycles. The van der Waals surface area contributed by atoms with Crippen LogP contribution < -0.4 is 20.7 Å². The third kappa shape index (κ3) is 10.2. The number of thioether (sulfide) groups is 1. The predicted molar refractivity (Wildman–Crippen MR) is 302 cm³/mol. The second kappa shape index (κ2) is 23.1. The van der Waals surface area contributed by atoms with Gasteiger partial charge in [0.05, 0.1) is 24.9 Å². The summed E-state index contributed by atoms with van der Waals surface area (Å²) in [6.45, 7) is 0.238. The van der Waals surface area contributed by atoms with Gasteiger partial charge in [-0.15, -0.1) is 33.3 Å². The number of carbonyl (C=O) groups is 3. The Morgan fingerprint density at radius 3 is 1.71 bits per heavy atom. The number of ether oxygens (including phenoxy) is 2. The number of rotatable bonds is 20. The second-order valence-electron chi connectivity index (χ2n) is 18.6. The summed E-state index contributed by atoms with van der Waals surface area (Å²) in [6, 6.07) is 65.9. The van der Waals surface area contributed by atoms with Crippen molar-refractivity contribution < 1.29 is 23.9 Å². The fourth-order valence-corrected chi connectivity index (χ4v) is 12.3. The molecule has 2 amide bonds. The number of thiazole rings is 1. The van der Waals surface area contributed by atoms with Crippen molar-refractivity contribution in [3.05, 3.63) is 286 Å². The summed E-state index contributed by atoms with van der Waals surface area (Å²) in [5.41, 5.74) is 5.40. The van der Waals surface area contributed by atoms with Crippen molar-refractivity contribution in [2.75, 3.05) is 18.2 Å². The van der Waals surface area contributed by atoms with Gasteiger partial charge in [0.1, 0.15) is 41.0 Å². The molecule has 0 bridgehead atoms. The lowest BCUT2D eigenvalue weighted by Crippen LogP contribution is -2.71. The van der Waals surface area contributed by atoms with Crippen LogP contribution in [0.1, 0.15) is 50.7 Å². The number of tetrazole rings is 1. The van der Waals surface area contributed by atoms with Gasteiger partial charge in [0.15, 0.2) is 11.5 Å². The molecule has 11 rings (SSSR count). The molecule has 0 saturated carbocycles. The van der Waals surface area contributed by atoms with E-state index in [0.29, 0.717) is 27.9 Å². The molecule has 388 valence electrons. The van der Waals surface area contributed by atoms with Gasteiger partial charge in [0, 0.05) is 11.1 Å². The van der Waals surface area contributed by atoms with Crippen LogP contribution in [0.3, 0.4) is 0 Å². The first kappa shape index (κ1) is 51.2. The van der Waals surface area contributed by atoms with E-state index in [1.807, 2.05) is 163 Å². The molecule has 0 aliphatic carbocycles. The topological polar surface area (TPSA) is 165 Å². The van der Waals surface area contributed by atoms with Crippen LogP contribution in [0.25, 0.3) is 0 Å². The number of esters is 1. The Morgan fingerprint density at radius 1 is 0.705 bits per heavy atom. The molecule has 1 fully saturated rings. The number of nitrogens with one attached hydrogen (secondary N) is 3. The van der Waals surface area contributed by atoms with Gasteiger partial charge in [-0.3, -0.25) is 19.8 Å². The van der Waals surface area contributed by atoms with Crippen LogP contribution in [0.4, 0.5) is 5.13 Å². The van der Waals surface area contributed by atoms with Gasteiger partial charge >= 0.3 is 5.97 Å². The Balaban J connectivity index is 0.978. The van der Waals surface area contributed by atoms with Gasteiger partial charge in [-0.25, -0.2) is 9.78 Å². The maximum atomic E-state index is 15.8. The largest absolute Gasteiger partial charge is 0.497 e. The maximum Gasteiger partial charge on any atom is 0.355 e. The Bertz CT molecular complexity index is 3340. The summed E-state index contributed by atoms with van der Waals surface area (Å²) < 4.78 is 11.2. The number of hydrogen-bond donors (Lipinski definition) is 3. The molecule has 78 heavy (non-hydrogen) atoms. The molecule has 4 heterocycles. The van der Waals surface area contributed by atoms with E-state index in [9.17, 15) is 9.59 Å². The highest BCUT2D eigenvalue weighted by molar-refractivity contribution is 8.00. The number of aromatic nitrogens is 5. The second-order valence-corrected chi connectivity index (χ2v) is 20.5. The van der Waals surface area contributed by atoms with E-state index in [1.54, 1.807) is 31.4 Å². The van der Waals surface area contributed by atoms with Crippen molar-refractivity contribution >= 4 is 46.0 Å². The number of nitrogens with zero attached hydrogens (tertiary/aromatic N) is 6. The van der Waals surface area contributed by atoms with Crippen molar-refractivity contribution in [3.8, 4) is 5.75 Å². The first-order valence-corrected chi connectivity index (χ1v) is 27.3. The molecule has 2 aliphatic heterocycles. The molecular weight excluding hydrogens is 1010 g/mol. The van der Waals surface area contributed by atoms with Crippen LogP contribution in [0, 0.1) is 0 Å². The Hall–Kier alpha value is -8.96. The lowest BCUT2D eigenvalue weighted by molar-refractivity contribution is -0.153. The van der Waals surface area contributed by atoms with Gasteiger partial charge in [-0.05, 0) is 61.9 Å². The molecule has 3 N–H and O–H groups in total. The van der Waals surface area contributed by atoms with Gasteiger partial charge < -0.3 is 20.1 Å². The SMILES string of the molecule is COc1ccc(COC(=O)C2=C(C=CCn3ncnn3)CS[C@@H]3C(NC(=O)C(NC(c4ccccc4)(c4ccccc4)c4ccccc4)c4csc(NC(c5ccccc5)(c5ccccc5)c5ccccc5)n4)C(=O)N23)cc1. The van der Waals surface area contributed by atoms with E-state index in [-0.39, 0.29) is 18.8 Å². The molecular formula is C62H53N9O5S2. The number of anilines is 1. The summed E-state index contributed by atoms with van der Waals surface area (Å²) in [7, 11) is 1.58. The number of β-lactam (4-membered cyclic amide) rings is 1. The van der Waals surface area contributed by atoms with Gasteiger partial charge in [0.2, 0.25) is 5.91 Å². The van der Waals surface area contributed by atoms with E-state index in [0.717, 1.165) is 38.9 Å². The van der Waals surface area contributed by atoms with Crippen LogP contribution >= 0.6 is 23.1 Å². The highest BCUT2D eigenvalue weighted by Crippen LogP contribution is 2.45. The first-order valence-electron chi connectivity index (χ1n) is 25.4. The molecule has 3 atom stereocenters. The van der Waals surface area contributed by atoms with Crippen molar-refractivity contribution in [2.45, 2.75) is 41.7 Å². The zero-order valence-electron chi connectivity index (χ0n) is 42.3. The van der Waals surface area contributed by atoms with Crippen molar-refractivity contribution in [1.29, 1.82) is 0 Å². The lowest BCUT2D eigenvalue weighted by atomic mass is 9.76. The standard InChI is InChI=1S/C62H53N9O5S2/c1-75-51-36-34-43(35-37-51)39-76-59(74)55-44(21-20-38-70-64-42-63-69-70)40-77-58-54(57(73)71(55)58)66-56(72)53(67-61(45-22-8-2-9-23-45,46-24-10-3-11-25-46)47-26-12-4-13-27-47)52-41-78-60(65-52)68-62(48-28-14-5-15-29-48,49-30-16-6-17-31-49)50-32-18-7-19-33-50/h2-37,41-42,53-54,58,67H,38-40H2,1H3,(H,65,68)(H,66,72)/t53?,54?,58-/m1/s1. The summed E-state index contributed by atoms with van der Waals surface area (Å²) in [5.74, 6) is -0.621. The smallest absolute Gasteiger partial charge is 0.355 e. The van der Waals surface area contributed by atoms with Crippen molar-refractivity contribution in [1.82, 2.24) is 40.7 Å². The normalized spacial score (nSPS) is 15.8. The zero-order valence-corrected chi connectivity index (χ0v) is 44.0. The summed E-state index contributed by atoms with van der Waals surface area (Å²) in [4.78, 5) is 53.1. The summed E-state index contributed by atoms with van der Waals surface area (Å²) in [5, 5.41) is 24.6. The minimum atomic E-state index is -1.17. The van der Waals surface area contributed by atoms with Crippen LogP contribution in [0.2, 0.25) is 0 Å². The fourth-order valence-electron chi connectivity index (χ4n) is 10.2. The minimum Gasteiger partial charge on any atom is -0.497 e. The van der Waals surface area contributed by atoms with Crippen LogP contribution in [0.5, 0.6) is 5.75 Å². The number of benzene rings is 7. The van der Waals surface area contributed by atoms with E-state index in [1.165, 1.54) is 39.1 Å². The van der Waals surface area contributed by atoms with Gasteiger partial charge in [-0.1, -0.05) is 206 Å². The Labute approximate surface area is 459 Å². The van der Waals surface area contributed by atoms with Crippen LogP contribution in [-0.2, 0) is 43.3 Å². The average molecular weight is 1070 g/mol. The Kier molecular flexibility index (Phi) is 15.2. The van der Waals surface area contributed by atoms with E-state index < -0.39 is 46.3 Å². The number of fused-ring (bicyclic) bond motifs is 1. The highest BCUT2D eigenvalue weighted by Gasteiger charge is 2.55. The molecule has 14 nitrogen and oxygen atoms in total. The summed E-state index contributed by atoms with van der Waals surface area (Å²) in [6.07, 6.45) is 4.92. The Morgan fingerprint density at radius 2 is 1.22 bits per heavy atom. The third-order valence-corrected chi connectivity index (χ3v) is 16.1. The molecule has 1 saturated heterocycles. The minimum absolute atomic E-state index is 0.0425. The lowest BCUT2D eigenvalue weighted by Gasteiger charge is -2.50. The fraction of sp³-hybridized carbons (Fsp3) is 0.145. The number of allylic oxidation sites excluding steroid dienone is 2. The number of hydrogen-bond acceptors (Lipinski definition) is 13. The zero-order chi connectivity index (χ0) is 53.3. The van der Waals surface area contributed by atoms with E-state index >= 15 is 4.79 Å². The van der Waals surface area contributed by atoms with Crippen LogP contribution in [0.15, 0.2) is 241 Å². The molecule has 2 unspecified atom stereocenters. The predicted octanol–water partition coefficient (Wildman–Crippen LogP) is 9.82. The summed E-state index contributed by atoms with van der Waals surface area (Å²) >= 11 is 2.83. The monoisotopic (exact) mass is 1070 g/mol. The molecule has 0 radical (unpaired) electrons. The quantitative estimate of drug-likeness (QED) is 0.0377. The first-order chi connectivity index (χ1) is 38.4. The van der Waals surface area contributed by atoms with E-state index in [4.69, 9.17) is 14.5 Å². The van der Waals surface area contributed by atoms with Crippen LogP contribution in [-0.4, -0.2) is 72.2 Å². The van der Waals surface area contributed by atoms with E-state index in [2.05, 4.69) is 67.8 Å². The number of amides is 2. The van der Waals surface area contributed by atoms with Crippen molar-refractivity contribution in [3.63, 3.8) is 0 Å². The average Bonchev–Trinajstić information content (AvgIpc) is 4.35. The highest BCUT2D eigenvalue weighted by atomic mass is 32.2. The van der Waals surface area contributed by atoms with Crippen molar-refractivity contribution in [2.24, 2.45) is 0 Å². The maximum absolute atomic E-state index is 15.8. The molecule has 7 aromatic carbocycles. The van der Waals surface area contributed by atoms with Gasteiger partial charge in [0.25, 0.3) is 5.91 Å². The third-order valence-electron chi connectivity index (χ3n) is 14.0. The molecule has 2 aliphatic rings. The molecule has 16 heteroatoms. The number of methoxy groups -OCH3 is 1.